The first kappa shape index (κ1) is 15.4. The molecule has 4 aromatic rings. The summed E-state index contributed by atoms with van der Waals surface area (Å²) >= 11 is 0. The highest BCUT2D eigenvalue weighted by molar-refractivity contribution is 5.76. The van der Waals surface area contributed by atoms with Crippen molar-refractivity contribution in [2.45, 2.75) is 13.1 Å². The van der Waals surface area contributed by atoms with Crippen LogP contribution in [-0.2, 0) is 13.1 Å². The van der Waals surface area contributed by atoms with Crippen molar-refractivity contribution in [2.75, 3.05) is 0 Å². The SMILES string of the molecule is c1ccc(CNCc2ccc(Oc3ccc4nc[nH]c4c3)cc2)nc1. The second-order valence-corrected chi connectivity index (χ2v) is 5.75. The molecule has 0 spiro atoms. The van der Waals surface area contributed by atoms with Gasteiger partial charge in [0.15, 0.2) is 0 Å². The van der Waals surface area contributed by atoms with Crippen LogP contribution in [0.2, 0.25) is 0 Å². The monoisotopic (exact) mass is 330 g/mol. The summed E-state index contributed by atoms with van der Waals surface area (Å²) in [6.45, 7) is 1.54. The third-order valence-corrected chi connectivity index (χ3v) is 3.91. The summed E-state index contributed by atoms with van der Waals surface area (Å²) in [5, 5.41) is 3.39. The van der Waals surface area contributed by atoms with E-state index in [9.17, 15) is 0 Å². The number of pyridine rings is 1. The molecular weight excluding hydrogens is 312 g/mol. The Bertz CT molecular complexity index is 948. The second-order valence-electron chi connectivity index (χ2n) is 5.75. The lowest BCUT2D eigenvalue weighted by Crippen LogP contribution is -2.13. The highest BCUT2D eigenvalue weighted by Crippen LogP contribution is 2.24. The van der Waals surface area contributed by atoms with Gasteiger partial charge in [-0.25, -0.2) is 4.98 Å². The Morgan fingerprint density at radius 1 is 0.880 bits per heavy atom. The van der Waals surface area contributed by atoms with Crippen molar-refractivity contribution in [1.82, 2.24) is 20.3 Å². The number of hydrogen-bond donors (Lipinski definition) is 2. The Hall–Kier alpha value is -3.18. The van der Waals surface area contributed by atoms with Crippen molar-refractivity contribution in [2.24, 2.45) is 0 Å². The van der Waals surface area contributed by atoms with Gasteiger partial charge in [0.05, 0.1) is 23.1 Å². The predicted octanol–water partition coefficient (Wildman–Crippen LogP) is 4.04. The van der Waals surface area contributed by atoms with Gasteiger partial charge in [-0.05, 0) is 42.0 Å². The minimum atomic E-state index is 0.753. The first-order chi connectivity index (χ1) is 12.4. The normalized spacial score (nSPS) is 10.9. The molecule has 25 heavy (non-hydrogen) atoms. The fraction of sp³-hybridized carbons (Fsp3) is 0.100. The Morgan fingerprint density at radius 2 is 1.76 bits per heavy atom. The van der Waals surface area contributed by atoms with Crippen molar-refractivity contribution in [1.29, 1.82) is 0 Å². The van der Waals surface area contributed by atoms with Crippen LogP contribution in [0.3, 0.4) is 0 Å². The van der Waals surface area contributed by atoms with Gasteiger partial charge in [0.25, 0.3) is 0 Å². The summed E-state index contributed by atoms with van der Waals surface area (Å²) < 4.78 is 5.91. The predicted molar refractivity (Wildman–Crippen MR) is 97.4 cm³/mol. The smallest absolute Gasteiger partial charge is 0.129 e. The maximum absolute atomic E-state index is 5.91. The molecule has 124 valence electrons. The molecule has 0 radical (unpaired) electrons. The molecule has 0 atom stereocenters. The van der Waals surface area contributed by atoms with Crippen molar-refractivity contribution in [3.63, 3.8) is 0 Å². The summed E-state index contributed by atoms with van der Waals surface area (Å²) in [6.07, 6.45) is 3.49. The quantitative estimate of drug-likeness (QED) is 0.560. The molecule has 2 aromatic heterocycles. The number of hydrogen-bond acceptors (Lipinski definition) is 4. The van der Waals surface area contributed by atoms with Gasteiger partial charge < -0.3 is 15.0 Å². The first-order valence-electron chi connectivity index (χ1n) is 8.17. The van der Waals surface area contributed by atoms with Crippen molar-refractivity contribution < 1.29 is 4.74 Å². The number of nitrogens with one attached hydrogen (secondary N) is 2. The molecule has 0 aliphatic heterocycles. The second kappa shape index (κ2) is 7.15. The zero-order chi connectivity index (χ0) is 16.9. The van der Waals surface area contributed by atoms with Crippen LogP contribution in [0.15, 0.2) is 73.2 Å². The third kappa shape index (κ3) is 3.84. The molecule has 0 aliphatic carbocycles. The summed E-state index contributed by atoms with van der Waals surface area (Å²) in [6, 6.07) is 19.8. The van der Waals surface area contributed by atoms with E-state index in [1.165, 1.54) is 5.56 Å². The van der Waals surface area contributed by atoms with E-state index in [1.54, 1.807) is 6.33 Å². The topological polar surface area (TPSA) is 62.8 Å². The number of imidazole rings is 1. The minimum absolute atomic E-state index is 0.753. The number of aromatic amines is 1. The molecule has 2 aromatic carbocycles. The van der Waals surface area contributed by atoms with Gasteiger partial charge in [0.2, 0.25) is 0 Å². The minimum Gasteiger partial charge on any atom is -0.457 e. The fourth-order valence-corrected chi connectivity index (χ4v) is 2.63. The Labute approximate surface area is 145 Å². The number of fused-ring (bicyclic) bond motifs is 1. The van der Waals surface area contributed by atoms with Gasteiger partial charge in [-0.2, -0.15) is 0 Å². The van der Waals surface area contributed by atoms with Crippen LogP contribution >= 0.6 is 0 Å². The summed E-state index contributed by atoms with van der Waals surface area (Å²) in [7, 11) is 0. The summed E-state index contributed by atoms with van der Waals surface area (Å²) in [5.74, 6) is 1.60. The molecule has 0 bridgehead atoms. The van der Waals surface area contributed by atoms with Gasteiger partial charge in [-0.1, -0.05) is 18.2 Å². The van der Waals surface area contributed by atoms with Crippen LogP contribution in [-0.4, -0.2) is 15.0 Å². The zero-order valence-electron chi connectivity index (χ0n) is 13.6. The molecule has 0 saturated heterocycles. The van der Waals surface area contributed by atoms with E-state index in [4.69, 9.17) is 4.74 Å². The third-order valence-electron chi connectivity index (χ3n) is 3.91. The molecule has 0 aliphatic rings. The van der Waals surface area contributed by atoms with Crippen molar-refractivity contribution in [3.8, 4) is 11.5 Å². The number of ether oxygens (including phenoxy) is 1. The van der Waals surface area contributed by atoms with E-state index in [-0.39, 0.29) is 0 Å². The zero-order valence-corrected chi connectivity index (χ0v) is 13.6. The first-order valence-corrected chi connectivity index (χ1v) is 8.17. The van der Waals surface area contributed by atoms with E-state index < -0.39 is 0 Å². The highest BCUT2D eigenvalue weighted by Gasteiger charge is 2.02. The molecule has 2 heterocycles. The number of H-pyrrole nitrogens is 1. The summed E-state index contributed by atoms with van der Waals surface area (Å²) in [5.41, 5.74) is 4.14. The molecular formula is C20H18N4O. The Balaban J connectivity index is 1.34. The maximum atomic E-state index is 5.91. The van der Waals surface area contributed by atoms with Gasteiger partial charge in [0, 0.05) is 25.4 Å². The van der Waals surface area contributed by atoms with E-state index in [0.29, 0.717) is 0 Å². The van der Waals surface area contributed by atoms with Crippen LogP contribution in [0, 0.1) is 0 Å². The standard InChI is InChI=1S/C20H18N4O/c1-2-10-22-16(3-1)13-21-12-15-4-6-17(7-5-15)25-18-8-9-19-20(11-18)24-14-23-19/h1-11,14,21H,12-13H2,(H,23,24). The maximum Gasteiger partial charge on any atom is 0.129 e. The van der Waals surface area contributed by atoms with Gasteiger partial charge in [-0.3, -0.25) is 4.98 Å². The number of nitrogens with zero attached hydrogens (tertiary/aromatic N) is 2. The van der Waals surface area contributed by atoms with Crippen molar-refractivity contribution in [3.05, 3.63) is 84.4 Å². The van der Waals surface area contributed by atoms with Gasteiger partial charge >= 0.3 is 0 Å². The lowest BCUT2D eigenvalue weighted by molar-refractivity contribution is 0.483. The summed E-state index contributed by atoms with van der Waals surface area (Å²) in [4.78, 5) is 11.6. The molecule has 0 fully saturated rings. The van der Waals surface area contributed by atoms with Gasteiger partial charge in [0.1, 0.15) is 11.5 Å². The molecule has 0 unspecified atom stereocenters. The van der Waals surface area contributed by atoms with E-state index in [0.717, 1.165) is 41.3 Å². The van der Waals surface area contributed by atoms with E-state index in [1.807, 2.05) is 54.7 Å². The Morgan fingerprint density at radius 3 is 2.60 bits per heavy atom. The number of benzene rings is 2. The highest BCUT2D eigenvalue weighted by atomic mass is 16.5. The van der Waals surface area contributed by atoms with E-state index in [2.05, 4.69) is 32.4 Å². The molecule has 4 rings (SSSR count). The van der Waals surface area contributed by atoms with Gasteiger partial charge in [-0.15, -0.1) is 0 Å². The average Bonchev–Trinajstić information content (AvgIpc) is 3.12. The van der Waals surface area contributed by atoms with Crippen molar-refractivity contribution >= 4 is 11.0 Å². The lowest BCUT2D eigenvalue weighted by Gasteiger charge is -2.08. The van der Waals surface area contributed by atoms with Crippen LogP contribution < -0.4 is 10.1 Å². The van der Waals surface area contributed by atoms with Crippen LogP contribution in [0.5, 0.6) is 11.5 Å². The average molecular weight is 330 g/mol. The number of aromatic nitrogens is 3. The van der Waals surface area contributed by atoms with E-state index >= 15 is 0 Å². The number of rotatable bonds is 6. The molecule has 0 amide bonds. The molecule has 5 heteroatoms. The fourth-order valence-electron chi connectivity index (χ4n) is 2.63. The molecule has 0 saturated carbocycles. The Kier molecular flexibility index (Phi) is 4.39. The van der Waals surface area contributed by atoms with Crippen LogP contribution in [0.25, 0.3) is 11.0 Å². The lowest BCUT2D eigenvalue weighted by atomic mass is 10.2. The molecule has 2 N–H and O–H groups in total. The largest absolute Gasteiger partial charge is 0.457 e. The van der Waals surface area contributed by atoms with Crippen LogP contribution in [0.4, 0.5) is 0 Å². The van der Waals surface area contributed by atoms with Crippen LogP contribution in [0.1, 0.15) is 11.3 Å². The molecule has 5 nitrogen and oxygen atoms in total.